The summed E-state index contributed by atoms with van der Waals surface area (Å²) in [4.78, 5) is 42.7. The van der Waals surface area contributed by atoms with E-state index in [4.69, 9.17) is 0 Å². The van der Waals surface area contributed by atoms with E-state index in [-0.39, 0.29) is 6.54 Å². The molecule has 110 valence electrons. The molecule has 3 rings (SSSR count). The lowest BCUT2D eigenvalue weighted by Crippen LogP contribution is -2.38. The number of amides is 1. The van der Waals surface area contributed by atoms with Crippen LogP contribution >= 0.6 is 0 Å². The number of hydrogen-bond acceptors (Lipinski definition) is 4. The molecule has 2 heterocycles. The Bertz CT molecular complexity index is 944. The van der Waals surface area contributed by atoms with Gasteiger partial charge < -0.3 is 10.3 Å². The normalized spacial score (nSPS) is 10.5. The average molecular weight is 296 g/mol. The van der Waals surface area contributed by atoms with Crippen molar-refractivity contribution in [2.45, 2.75) is 6.54 Å². The maximum Gasteiger partial charge on any atom is 0.329 e. The van der Waals surface area contributed by atoms with Crippen molar-refractivity contribution in [2.24, 2.45) is 0 Å². The summed E-state index contributed by atoms with van der Waals surface area (Å²) in [6, 6.07) is 9.89. The average Bonchev–Trinajstić information content (AvgIpc) is 2.52. The van der Waals surface area contributed by atoms with E-state index in [1.54, 1.807) is 36.4 Å². The van der Waals surface area contributed by atoms with Crippen LogP contribution in [0.25, 0.3) is 10.9 Å². The highest BCUT2D eigenvalue weighted by atomic mass is 16.2. The molecular formula is C15H12N4O3. The molecule has 0 spiro atoms. The summed E-state index contributed by atoms with van der Waals surface area (Å²) in [5.41, 5.74) is -0.119. The van der Waals surface area contributed by atoms with E-state index in [0.717, 1.165) is 4.57 Å². The number of para-hydroxylation sites is 1. The second kappa shape index (κ2) is 5.65. The van der Waals surface area contributed by atoms with Gasteiger partial charge in [0.1, 0.15) is 6.54 Å². The van der Waals surface area contributed by atoms with Crippen LogP contribution in [0.4, 0.5) is 5.69 Å². The lowest BCUT2D eigenvalue weighted by Gasteiger charge is -2.07. The van der Waals surface area contributed by atoms with Gasteiger partial charge in [0, 0.05) is 18.1 Å². The van der Waals surface area contributed by atoms with Crippen LogP contribution in [0, 0.1) is 0 Å². The third-order valence-electron chi connectivity index (χ3n) is 3.16. The van der Waals surface area contributed by atoms with Gasteiger partial charge in [0.05, 0.1) is 10.9 Å². The van der Waals surface area contributed by atoms with Crippen LogP contribution in [0.15, 0.2) is 58.4 Å². The van der Waals surface area contributed by atoms with E-state index in [1.165, 1.54) is 12.4 Å². The van der Waals surface area contributed by atoms with E-state index in [9.17, 15) is 14.4 Å². The number of carbonyl (C=O) groups is 1. The van der Waals surface area contributed by atoms with Gasteiger partial charge in [-0.3, -0.25) is 19.1 Å². The van der Waals surface area contributed by atoms with Gasteiger partial charge in [-0.2, -0.15) is 0 Å². The fraction of sp³-hybridized carbons (Fsp3) is 0.0667. The lowest BCUT2D eigenvalue weighted by atomic mass is 10.2. The van der Waals surface area contributed by atoms with Crippen LogP contribution in [0.1, 0.15) is 0 Å². The van der Waals surface area contributed by atoms with E-state index >= 15 is 0 Å². The highest BCUT2D eigenvalue weighted by Crippen LogP contribution is 2.04. The zero-order chi connectivity index (χ0) is 15.5. The second-order valence-electron chi connectivity index (χ2n) is 4.65. The molecule has 0 saturated heterocycles. The fourth-order valence-corrected chi connectivity index (χ4v) is 2.12. The lowest BCUT2D eigenvalue weighted by molar-refractivity contribution is -0.116. The number of nitrogens with one attached hydrogen (secondary N) is 2. The van der Waals surface area contributed by atoms with Gasteiger partial charge in [-0.05, 0) is 24.3 Å². The Morgan fingerprint density at radius 2 is 1.86 bits per heavy atom. The van der Waals surface area contributed by atoms with Crippen molar-refractivity contribution in [1.82, 2.24) is 14.5 Å². The summed E-state index contributed by atoms with van der Waals surface area (Å²) >= 11 is 0. The molecule has 0 saturated carbocycles. The maximum absolute atomic E-state index is 12.3. The zero-order valence-electron chi connectivity index (χ0n) is 11.4. The first-order valence-corrected chi connectivity index (χ1v) is 6.57. The predicted molar refractivity (Wildman–Crippen MR) is 81.7 cm³/mol. The number of aromatic amines is 1. The molecular weight excluding hydrogens is 284 g/mol. The molecule has 3 aromatic rings. The highest BCUT2D eigenvalue weighted by molar-refractivity contribution is 5.90. The topological polar surface area (TPSA) is 96.9 Å². The molecule has 0 aliphatic rings. The Labute approximate surface area is 124 Å². The maximum atomic E-state index is 12.3. The van der Waals surface area contributed by atoms with Crippen LogP contribution in [0.5, 0.6) is 0 Å². The van der Waals surface area contributed by atoms with Crippen LogP contribution in [-0.4, -0.2) is 20.4 Å². The van der Waals surface area contributed by atoms with Gasteiger partial charge >= 0.3 is 5.69 Å². The molecule has 7 nitrogen and oxygen atoms in total. The molecule has 0 bridgehead atoms. The number of fused-ring (bicyclic) bond motifs is 1. The molecule has 0 radical (unpaired) electrons. The fourth-order valence-electron chi connectivity index (χ4n) is 2.12. The predicted octanol–water partition coefficient (Wildman–Crippen LogP) is 0.723. The van der Waals surface area contributed by atoms with E-state index in [1.807, 2.05) is 0 Å². The molecule has 2 N–H and O–H groups in total. The van der Waals surface area contributed by atoms with Gasteiger partial charge in [0.2, 0.25) is 5.91 Å². The van der Waals surface area contributed by atoms with E-state index < -0.39 is 17.2 Å². The number of rotatable bonds is 3. The molecule has 0 fully saturated rings. The van der Waals surface area contributed by atoms with Gasteiger partial charge in [0.25, 0.3) is 5.56 Å². The molecule has 0 unspecified atom stereocenters. The van der Waals surface area contributed by atoms with Crippen molar-refractivity contribution in [3.8, 4) is 0 Å². The quantitative estimate of drug-likeness (QED) is 0.744. The van der Waals surface area contributed by atoms with Crippen LogP contribution in [0.2, 0.25) is 0 Å². The number of nitrogens with zero attached hydrogens (tertiary/aromatic N) is 2. The van der Waals surface area contributed by atoms with Crippen molar-refractivity contribution in [2.75, 3.05) is 5.32 Å². The molecule has 2 aromatic heterocycles. The smallest absolute Gasteiger partial charge is 0.324 e. The highest BCUT2D eigenvalue weighted by Gasteiger charge is 2.11. The third kappa shape index (κ3) is 2.64. The molecule has 0 aliphatic carbocycles. The minimum Gasteiger partial charge on any atom is -0.324 e. The van der Waals surface area contributed by atoms with E-state index in [0.29, 0.717) is 16.6 Å². The number of hydrogen-bond donors (Lipinski definition) is 2. The minimum atomic E-state index is -0.617. The molecule has 0 aliphatic heterocycles. The summed E-state index contributed by atoms with van der Waals surface area (Å²) in [5.74, 6) is -0.464. The van der Waals surface area contributed by atoms with Crippen molar-refractivity contribution < 1.29 is 4.79 Å². The molecule has 1 aromatic carbocycles. The summed E-state index contributed by atoms with van der Waals surface area (Å²) in [6.07, 6.45) is 3.06. The van der Waals surface area contributed by atoms with Gasteiger partial charge in [-0.25, -0.2) is 4.79 Å². The van der Waals surface area contributed by atoms with Crippen molar-refractivity contribution in [3.63, 3.8) is 0 Å². The summed E-state index contributed by atoms with van der Waals surface area (Å²) in [7, 11) is 0. The Kier molecular flexibility index (Phi) is 3.53. The first-order chi connectivity index (χ1) is 10.6. The number of pyridine rings is 1. The largest absolute Gasteiger partial charge is 0.329 e. The minimum absolute atomic E-state index is 0.360. The first-order valence-electron chi connectivity index (χ1n) is 6.57. The van der Waals surface area contributed by atoms with Gasteiger partial charge in [-0.1, -0.05) is 12.1 Å². The monoisotopic (exact) mass is 296 g/mol. The summed E-state index contributed by atoms with van der Waals surface area (Å²) in [6.45, 7) is -0.360. The van der Waals surface area contributed by atoms with E-state index in [2.05, 4.69) is 15.3 Å². The third-order valence-corrected chi connectivity index (χ3v) is 3.16. The second-order valence-corrected chi connectivity index (χ2v) is 4.65. The van der Waals surface area contributed by atoms with Crippen LogP contribution < -0.4 is 16.6 Å². The van der Waals surface area contributed by atoms with Gasteiger partial charge in [-0.15, -0.1) is 0 Å². The molecule has 7 heteroatoms. The summed E-state index contributed by atoms with van der Waals surface area (Å²) < 4.78 is 0.874. The first kappa shape index (κ1) is 13.7. The number of benzene rings is 1. The Morgan fingerprint density at radius 3 is 2.64 bits per heavy atom. The van der Waals surface area contributed by atoms with Crippen LogP contribution in [-0.2, 0) is 11.3 Å². The Hall–Kier alpha value is -3.22. The SMILES string of the molecule is O=C(Cn1c(=O)[nH]c2ccccc2c1=O)Nc1ccncc1. The van der Waals surface area contributed by atoms with Crippen molar-refractivity contribution >= 4 is 22.5 Å². The standard InChI is InChI=1S/C15H12N4O3/c20-13(17-10-5-7-16-8-6-10)9-19-14(21)11-3-1-2-4-12(11)18-15(19)22/h1-8H,9H2,(H,18,22)(H,16,17,20). The van der Waals surface area contributed by atoms with Crippen LogP contribution in [0.3, 0.4) is 0 Å². The zero-order valence-corrected chi connectivity index (χ0v) is 11.4. The molecule has 22 heavy (non-hydrogen) atoms. The number of aromatic nitrogens is 3. The molecule has 0 atom stereocenters. The Morgan fingerprint density at radius 1 is 1.14 bits per heavy atom. The van der Waals surface area contributed by atoms with Crippen molar-refractivity contribution in [1.29, 1.82) is 0 Å². The Balaban J connectivity index is 1.92. The summed E-state index contributed by atoms with van der Waals surface area (Å²) in [5, 5.41) is 2.96. The number of H-pyrrole nitrogens is 1. The number of carbonyl (C=O) groups excluding carboxylic acids is 1. The van der Waals surface area contributed by atoms with Crippen molar-refractivity contribution in [3.05, 3.63) is 69.6 Å². The van der Waals surface area contributed by atoms with Gasteiger partial charge in [0.15, 0.2) is 0 Å². The number of anilines is 1. The molecule has 1 amide bonds.